The molecule has 3 atom stereocenters. The molecule has 3 heterocycles. The highest BCUT2D eigenvalue weighted by atomic mass is 32.1. The van der Waals surface area contributed by atoms with Gasteiger partial charge in [-0.05, 0) is 35.7 Å². The maximum absolute atomic E-state index is 14.6. The molecule has 176 valence electrons. The molecule has 0 radical (unpaired) electrons. The number of ketones is 1. The summed E-state index contributed by atoms with van der Waals surface area (Å²) >= 11 is 5.98. The molecule has 0 bridgehead atoms. The molecule has 1 aromatic heterocycles. The first-order valence-electron chi connectivity index (χ1n) is 12.0. The molecular weight excluding hydrogens is 468 g/mol. The Morgan fingerprint density at radius 2 is 1.67 bits per heavy atom. The summed E-state index contributed by atoms with van der Waals surface area (Å²) in [6.45, 7) is 0.416. The van der Waals surface area contributed by atoms with Crippen molar-refractivity contribution in [2.45, 2.75) is 24.4 Å². The van der Waals surface area contributed by atoms with E-state index in [2.05, 4.69) is 5.32 Å². The van der Waals surface area contributed by atoms with Gasteiger partial charge in [0.1, 0.15) is 11.2 Å². The Bertz CT molecular complexity index is 1550. The predicted molar refractivity (Wildman–Crippen MR) is 140 cm³/mol. The molecule has 3 aliphatic rings. The van der Waals surface area contributed by atoms with Crippen molar-refractivity contribution in [3.8, 4) is 0 Å². The number of furan rings is 1. The van der Waals surface area contributed by atoms with Crippen molar-refractivity contribution < 1.29 is 14.0 Å². The van der Waals surface area contributed by atoms with Crippen molar-refractivity contribution in [1.82, 2.24) is 5.32 Å². The number of amides is 1. The summed E-state index contributed by atoms with van der Waals surface area (Å²) in [7, 11) is 0. The molecule has 4 aromatic rings. The number of thiocarbonyl (C=S) groups is 1. The summed E-state index contributed by atoms with van der Waals surface area (Å²) in [6.07, 6.45) is 2.02. The fraction of sp³-hybridized carbons (Fsp3) is 0.167. The van der Waals surface area contributed by atoms with E-state index in [9.17, 15) is 9.59 Å². The smallest absolute Gasteiger partial charge is 0.258 e. The van der Waals surface area contributed by atoms with E-state index >= 15 is 0 Å². The Labute approximate surface area is 213 Å². The molecule has 1 saturated heterocycles. The summed E-state index contributed by atoms with van der Waals surface area (Å²) in [4.78, 5) is 31.0. The van der Waals surface area contributed by atoms with Crippen molar-refractivity contribution in [3.05, 3.63) is 125 Å². The third kappa shape index (κ3) is 2.57. The predicted octanol–water partition coefficient (Wildman–Crippen LogP) is 5.16. The van der Waals surface area contributed by atoms with Crippen LogP contribution >= 0.6 is 12.2 Å². The van der Waals surface area contributed by atoms with Crippen molar-refractivity contribution in [2.24, 2.45) is 5.41 Å². The van der Waals surface area contributed by atoms with Gasteiger partial charge >= 0.3 is 0 Å². The minimum atomic E-state index is -1.25. The van der Waals surface area contributed by atoms with Crippen LogP contribution in [0.2, 0.25) is 0 Å². The average molecular weight is 491 g/mol. The zero-order valence-corrected chi connectivity index (χ0v) is 20.1. The fourth-order valence-corrected chi connectivity index (χ4v) is 6.96. The van der Waals surface area contributed by atoms with Gasteiger partial charge in [-0.2, -0.15) is 0 Å². The van der Waals surface area contributed by atoms with Gasteiger partial charge in [0.15, 0.2) is 11.3 Å². The Morgan fingerprint density at radius 3 is 2.44 bits per heavy atom. The first-order chi connectivity index (χ1) is 17.6. The van der Waals surface area contributed by atoms with Gasteiger partial charge < -0.3 is 14.6 Å². The minimum Gasteiger partial charge on any atom is -0.469 e. The molecule has 36 heavy (non-hydrogen) atoms. The molecule has 0 unspecified atom stereocenters. The SMILES string of the molecule is O=C1c2ccccc2C[C@]12C(=S)N[C@]1(C(=O)N(Cc3ccccc3)c3ccccc31)[C@H]2c1ccco1. The van der Waals surface area contributed by atoms with Gasteiger partial charge in [-0.15, -0.1) is 0 Å². The van der Waals surface area contributed by atoms with Crippen LogP contribution in [0.5, 0.6) is 0 Å². The van der Waals surface area contributed by atoms with Gasteiger partial charge in [-0.3, -0.25) is 9.59 Å². The van der Waals surface area contributed by atoms with Gasteiger partial charge in [-0.1, -0.05) is 85.0 Å². The third-order valence-corrected chi connectivity index (χ3v) is 8.46. The molecule has 5 nitrogen and oxygen atoms in total. The van der Waals surface area contributed by atoms with Crippen LogP contribution in [0.4, 0.5) is 5.69 Å². The average Bonchev–Trinajstić information content (AvgIpc) is 3.64. The number of rotatable bonds is 3. The van der Waals surface area contributed by atoms with Crippen LogP contribution in [-0.4, -0.2) is 16.7 Å². The van der Waals surface area contributed by atoms with Crippen LogP contribution in [0.1, 0.15) is 38.7 Å². The maximum atomic E-state index is 14.6. The van der Waals surface area contributed by atoms with E-state index in [0.717, 1.165) is 22.4 Å². The molecule has 1 fully saturated rings. The molecule has 7 rings (SSSR count). The van der Waals surface area contributed by atoms with E-state index in [4.69, 9.17) is 16.6 Å². The quantitative estimate of drug-likeness (QED) is 0.402. The Hall–Kier alpha value is -4.03. The second kappa shape index (κ2) is 7.48. The number of carbonyl (C=O) groups is 2. The first-order valence-corrected chi connectivity index (χ1v) is 12.4. The highest BCUT2D eigenvalue weighted by Gasteiger charge is 2.73. The van der Waals surface area contributed by atoms with E-state index in [-0.39, 0.29) is 11.7 Å². The molecular formula is C30H22N2O3S. The van der Waals surface area contributed by atoms with Gasteiger partial charge in [0, 0.05) is 11.1 Å². The van der Waals surface area contributed by atoms with Crippen molar-refractivity contribution in [3.63, 3.8) is 0 Å². The van der Waals surface area contributed by atoms with Crippen LogP contribution < -0.4 is 10.2 Å². The van der Waals surface area contributed by atoms with E-state index in [1.165, 1.54) is 0 Å². The number of para-hydroxylation sites is 1. The number of carbonyl (C=O) groups excluding carboxylic acids is 2. The lowest BCUT2D eigenvalue weighted by atomic mass is 9.64. The number of anilines is 1. The number of hydrogen-bond donors (Lipinski definition) is 1. The topological polar surface area (TPSA) is 62.6 Å². The Balaban J connectivity index is 1.46. The number of Topliss-reactive ketones (excluding diaryl/α,β-unsaturated/α-hetero) is 1. The number of nitrogens with one attached hydrogen (secondary N) is 1. The standard InChI is InChI=1S/C30H22N2O3S/c33-26-21-12-5-4-11-20(21)17-29(26)25(24-15-8-16-35-24)30(31-27(29)36)22-13-6-7-14-23(22)32(28(30)34)18-19-9-2-1-3-10-19/h1-16,25H,17-18H2,(H,31,36)/t25-,29+,30-/m0/s1. The highest BCUT2D eigenvalue weighted by Crippen LogP contribution is 2.63. The van der Waals surface area contributed by atoms with Crippen LogP contribution in [0.15, 0.2) is 102 Å². The second-order valence-corrected chi connectivity index (χ2v) is 10.1. The highest BCUT2D eigenvalue weighted by molar-refractivity contribution is 7.80. The Kier molecular flexibility index (Phi) is 4.42. The summed E-state index contributed by atoms with van der Waals surface area (Å²) in [5, 5.41) is 3.45. The van der Waals surface area contributed by atoms with Gasteiger partial charge in [0.05, 0.1) is 29.4 Å². The zero-order valence-electron chi connectivity index (χ0n) is 19.3. The maximum Gasteiger partial charge on any atom is 0.258 e. The first kappa shape index (κ1) is 21.3. The van der Waals surface area contributed by atoms with Gasteiger partial charge in [0.25, 0.3) is 5.91 Å². The van der Waals surface area contributed by atoms with Crippen LogP contribution in [0.25, 0.3) is 0 Å². The van der Waals surface area contributed by atoms with Gasteiger partial charge in [0.2, 0.25) is 0 Å². The van der Waals surface area contributed by atoms with Crippen LogP contribution in [-0.2, 0) is 23.3 Å². The second-order valence-electron chi connectivity index (χ2n) is 9.74. The number of benzene rings is 3. The molecule has 6 heteroatoms. The molecule has 1 amide bonds. The van der Waals surface area contributed by atoms with Crippen LogP contribution in [0.3, 0.4) is 0 Å². The summed E-state index contributed by atoms with van der Waals surface area (Å²) in [6, 6.07) is 29.0. The summed E-state index contributed by atoms with van der Waals surface area (Å²) in [5.74, 6) is -0.243. The lowest BCUT2D eigenvalue weighted by Gasteiger charge is -2.34. The van der Waals surface area contributed by atoms with E-state index in [1.54, 1.807) is 12.3 Å². The lowest BCUT2D eigenvalue weighted by Crippen LogP contribution is -2.51. The Morgan fingerprint density at radius 1 is 0.917 bits per heavy atom. The number of fused-ring (bicyclic) bond motifs is 3. The lowest BCUT2D eigenvalue weighted by molar-refractivity contribution is -0.124. The van der Waals surface area contributed by atoms with Crippen molar-refractivity contribution >= 4 is 34.6 Å². The summed E-state index contributed by atoms with van der Waals surface area (Å²) in [5.41, 5.74) is 1.90. The van der Waals surface area contributed by atoms with E-state index in [1.807, 2.05) is 89.8 Å². The molecule has 2 aliphatic heterocycles. The molecule has 1 N–H and O–H groups in total. The third-order valence-electron chi connectivity index (χ3n) is 7.99. The summed E-state index contributed by atoms with van der Waals surface area (Å²) < 4.78 is 5.98. The molecule has 3 aromatic carbocycles. The van der Waals surface area contributed by atoms with E-state index < -0.39 is 16.9 Å². The van der Waals surface area contributed by atoms with Crippen molar-refractivity contribution in [2.75, 3.05) is 4.90 Å². The zero-order chi connectivity index (χ0) is 24.5. The monoisotopic (exact) mass is 490 g/mol. The normalized spacial score (nSPS) is 26.1. The molecule has 1 aliphatic carbocycles. The molecule has 2 spiro atoms. The van der Waals surface area contributed by atoms with Crippen LogP contribution in [0, 0.1) is 5.41 Å². The fourth-order valence-electron chi connectivity index (χ4n) is 6.51. The van der Waals surface area contributed by atoms with Gasteiger partial charge in [-0.25, -0.2) is 0 Å². The largest absolute Gasteiger partial charge is 0.469 e. The van der Waals surface area contributed by atoms with E-state index in [0.29, 0.717) is 29.3 Å². The number of hydrogen-bond acceptors (Lipinski definition) is 4. The molecule has 0 saturated carbocycles. The number of nitrogens with zero attached hydrogens (tertiary/aromatic N) is 1. The van der Waals surface area contributed by atoms with Crippen molar-refractivity contribution in [1.29, 1.82) is 0 Å². The minimum absolute atomic E-state index is 0.0549.